The van der Waals surface area contributed by atoms with Gasteiger partial charge in [0.25, 0.3) is 0 Å². The SMILES string of the molecule is CCCC(C(N)=S)N1CCN(C(=O)NC(C)(C)C)CC1. The molecule has 1 rings (SSSR count). The minimum Gasteiger partial charge on any atom is -0.392 e. The number of amides is 2. The Morgan fingerprint density at radius 3 is 2.25 bits per heavy atom. The topological polar surface area (TPSA) is 61.6 Å². The van der Waals surface area contributed by atoms with Gasteiger partial charge in [-0.1, -0.05) is 25.6 Å². The molecule has 0 bridgehead atoms. The van der Waals surface area contributed by atoms with Gasteiger partial charge in [-0.25, -0.2) is 4.79 Å². The molecular formula is C14H28N4OS. The standard InChI is InChI=1S/C14H28N4OS/c1-5-6-11(12(15)20)17-7-9-18(10-8-17)13(19)16-14(2,3)4/h11H,5-10H2,1-4H3,(H2,15,20)(H,16,19). The summed E-state index contributed by atoms with van der Waals surface area (Å²) in [5.41, 5.74) is 5.63. The molecule has 1 aliphatic rings. The molecule has 5 nitrogen and oxygen atoms in total. The van der Waals surface area contributed by atoms with Crippen molar-refractivity contribution < 1.29 is 4.79 Å². The van der Waals surface area contributed by atoms with Gasteiger partial charge in [0.2, 0.25) is 0 Å². The summed E-state index contributed by atoms with van der Waals surface area (Å²) in [5, 5.41) is 3.00. The summed E-state index contributed by atoms with van der Waals surface area (Å²) in [5.74, 6) is 0. The summed E-state index contributed by atoms with van der Waals surface area (Å²) < 4.78 is 0. The van der Waals surface area contributed by atoms with E-state index in [0.29, 0.717) is 4.99 Å². The third kappa shape index (κ3) is 5.25. The molecule has 0 aromatic rings. The van der Waals surface area contributed by atoms with Crippen molar-refractivity contribution in [3.05, 3.63) is 0 Å². The van der Waals surface area contributed by atoms with Crippen LogP contribution in [0.5, 0.6) is 0 Å². The highest BCUT2D eigenvalue weighted by molar-refractivity contribution is 7.80. The van der Waals surface area contributed by atoms with Crippen LogP contribution in [0.4, 0.5) is 4.79 Å². The van der Waals surface area contributed by atoms with Gasteiger partial charge < -0.3 is 16.0 Å². The van der Waals surface area contributed by atoms with Crippen molar-refractivity contribution in [1.82, 2.24) is 15.1 Å². The van der Waals surface area contributed by atoms with Crippen LogP contribution in [0, 0.1) is 0 Å². The Hall–Kier alpha value is -0.880. The minimum atomic E-state index is -0.197. The van der Waals surface area contributed by atoms with Crippen molar-refractivity contribution in [3.8, 4) is 0 Å². The van der Waals surface area contributed by atoms with E-state index in [9.17, 15) is 4.79 Å². The van der Waals surface area contributed by atoms with Crippen molar-refractivity contribution in [2.75, 3.05) is 26.2 Å². The number of urea groups is 1. The molecule has 1 aliphatic heterocycles. The molecule has 0 aromatic heterocycles. The summed E-state index contributed by atoms with van der Waals surface area (Å²) in [6.45, 7) is 11.2. The van der Waals surface area contributed by atoms with Crippen LogP contribution in [0.3, 0.4) is 0 Å². The lowest BCUT2D eigenvalue weighted by atomic mass is 10.1. The highest BCUT2D eigenvalue weighted by atomic mass is 32.1. The highest BCUT2D eigenvalue weighted by Crippen LogP contribution is 2.12. The van der Waals surface area contributed by atoms with E-state index in [4.69, 9.17) is 18.0 Å². The molecular weight excluding hydrogens is 272 g/mol. The van der Waals surface area contributed by atoms with Gasteiger partial charge in [0, 0.05) is 31.7 Å². The second-order valence-corrected chi connectivity index (χ2v) is 6.88. The molecule has 6 heteroatoms. The quantitative estimate of drug-likeness (QED) is 0.774. The Morgan fingerprint density at radius 1 is 1.30 bits per heavy atom. The number of piperazine rings is 1. The number of nitrogens with two attached hydrogens (primary N) is 1. The van der Waals surface area contributed by atoms with E-state index in [1.165, 1.54) is 0 Å². The zero-order valence-electron chi connectivity index (χ0n) is 13.1. The molecule has 1 heterocycles. The summed E-state index contributed by atoms with van der Waals surface area (Å²) in [4.78, 5) is 16.8. The number of hydrogen-bond acceptors (Lipinski definition) is 3. The zero-order chi connectivity index (χ0) is 15.3. The van der Waals surface area contributed by atoms with E-state index in [1.807, 2.05) is 25.7 Å². The predicted octanol–water partition coefficient (Wildman–Crippen LogP) is 1.57. The first-order valence-electron chi connectivity index (χ1n) is 7.35. The maximum Gasteiger partial charge on any atom is 0.317 e. The molecule has 1 fully saturated rings. The fourth-order valence-electron chi connectivity index (χ4n) is 2.41. The molecule has 0 radical (unpaired) electrons. The molecule has 2 amide bonds. The summed E-state index contributed by atoms with van der Waals surface area (Å²) in [6, 6.07) is 0.183. The van der Waals surface area contributed by atoms with Gasteiger partial charge in [-0.3, -0.25) is 4.90 Å². The Bertz CT molecular complexity index is 346. The second kappa shape index (κ2) is 7.22. The van der Waals surface area contributed by atoms with Gasteiger partial charge in [-0.15, -0.1) is 0 Å². The predicted molar refractivity (Wildman–Crippen MR) is 86.9 cm³/mol. The largest absolute Gasteiger partial charge is 0.392 e. The van der Waals surface area contributed by atoms with E-state index < -0.39 is 0 Å². The van der Waals surface area contributed by atoms with Crippen LogP contribution in [-0.2, 0) is 0 Å². The smallest absolute Gasteiger partial charge is 0.317 e. The number of nitrogens with one attached hydrogen (secondary N) is 1. The molecule has 1 saturated heterocycles. The molecule has 0 aromatic carbocycles. The molecule has 116 valence electrons. The Morgan fingerprint density at radius 2 is 1.85 bits per heavy atom. The van der Waals surface area contributed by atoms with Gasteiger partial charge in [0.1, 0.15) is 0 Å². The Balaban J connectivity index is 2.50. The van der Waals surface area contributed by atoms with Crippen molar-refractivity contribution >= 4 is 23.2 Å². The lowest BCUT2D eigenvalue weighted by molar-refractivity contribution is 0.121. The van der Waals surface area contributed by atoms with Crippen LogP contribution >= 0.6 is 12.2 Å². The summed E-state index contributed by atoms with van der Waals surface area (Å²) in [7, 11) is 0. The van der Waals surface area contributed by atoms with Gasteiger partial charge in [0.15, 0.2) is 0 Å². The van der Waals surface area contributed by atoms with E-state index in [-0.39, 0.29) is 17.6 Å². The van der Waals surface area contributed by atoms with Crippen molar-refractivity contribution in [2.45, 2.75) is 52.1 Å². The summed E-state index contributed by atoms with van der Waals surface area (Å²) >= 11 is 5.16. The molecule has 3 N–H and O–H groups in total. The molecule has 0 spiro atoms. The fourth-order valence-corrected chi connectivity index (χ4v) is 2.68. The second-order valence-electron chi connectivity index (χ2n) is 6.41. The van der Waals surface area contributed by atoms with Crippen LogP contribution in [-0.4, -0.2) is 58.6 Å². The molecule has 0 saturated carbocycles. The van der Waals surface area contributed by atoms with Crippen LogP contribution < -0.4 is 11.1 Å². The minimum absolute atomic E-state index is 0.0134. The number of thiocarbonyl (C=S) groups is 1. The maximum atomic E-state index is 12.1. The van der Waals surface area contributed by atoms with Gasteiger partial charge in [0.05, 0.1) is 11.0 Å². The number of hydrogen-bond donors (Lipinski definition) is 2. The normalized spacial score (nSPS) is 18.7. The zero-order valence-corrected chi connectivity index (χ0v) is 13.9. The van der Waals surface area contributed by atoms with Crippen molar-refractivity contribution in [2.24, 2.45) is 5.73 Å². The maximum absolute atomic E-state index is 12.1. The first kappa shape index (κ1) is 17.2. The monoisotopic (exact) mass is 300 g/mol. The number of rotatable bonds is 4. The summed E-state index contributed by atoms with van der Waals surface area (Å²) in [6.07, 6.45) is 2.05. The van der Waals surface area contributed by atoms with Gasteiger partial charge >= 0.3 is 6.03 Å². The third-order valence-electron chi connectivity index (χ3n) is 3.41. The van der Waals surface area contributed by atoms with E-state index in [2.05, 4.69) is 17.1 Å². The van der Waals surface area contributed by atoms with Crippen molar-refractivity contribution in [1.29, 1.82) is 0 Å². The van der Waals surface area contributed by atoms with Crippen LogP contribution in [0.1, 0.15) is 40.5 Å². The molecule has 0 aliphatic carbocycles. The first-order valence-corrected chi connectivity index (χ1v) is 7.76. The lowest BCUT2D eigenvalue weighted by Crippen LogP contribution is -2.58. The van der Waals surface area contributed by atoms with E-state index in [0.717, 1.165) is 39.0 Å². The van der Waals surface area contributed by atoms with Crippen molar-refractivity contribution in [3.63, 3.8) is 0 Å². The number of carbonyl (C=O) groups is 1. The highest BCUT2D eigenvalue weighted by Gasteiger charge is 2.28. The Kier molecular flexibility index (Phi) is 6.20. The van der Waals surface area contributed by atoms with Gasteiger partial charge in [-0.2, -0.15) is 0 Å². The molecule has 1 atom stereocenters. The number of carbonyl (C=O) groups excluding carboxylic acids is 1. The van der Waals surface area contributed by atoms with E-state index >= 15 is 0 Å². The lowest BCUT2D eigenvalue weighted by Gasteiger charge is -2.39. The average molecular weight is 300 g/mol. The molecule has 20 heavy (non-hydrogen) atoms. The van der Waals surface area contributed by atoms with E-state index in [1.54, 1.807) is 0 Å². The fraction of sp³-hybridized carbons (Fsp3) is 0.857. The first-order chi connectivity index (χ1) is 9.24. The van der Waals surface area contributed by atoms with Gasteiger partial charge in [-0.05, 0) is 27.2 Å². The van der Waals surface area contributed by atoms with Crippen LogP contribution in [0.2, 0.25) is 0 Å². The Labute approximate surface area is 127 Å². The van der Waals surface area contributed by atoms with Crippen LogP contribution in [0.15, 0.2) is 0 Å². The number of nitrogens with zero attached hydrogens (tertiary/aromatic N) is 2. The average Bonchev–Trinajstić information content (AvgIpc) is 2.33. The third-order valence-corrected chi connectivity index (χ3v) is 3.69. The molecule has 1 unspecified atom stereocenters. The van der Waals surface area contributed by atoms with Crippen LogP contribution in [0.25, 0.3) is 0 Å².